The van der Waals surface area contributed by atoms with Crippen LogP contribution in [0.2, 0.25) is 0 Å². The van der Waals surface area contributed by atoms with Crippen molar-refractivity contribution in [2.24, 2.45) is 7.05 Å². The molecule has 28 heavy (non-hydrogen) atoms. The van der Waals surface area contributed by atoms with Crippen LogP contribution in [0.5, 0.6) is 0 Å². The van der Waals surface area contributed by atoms with Crippen molar-refractivity contribution in [2.45, 2.75) is 6.54 Å². The van der Waals surface area contributed by atoms with Crippen LogP contribution in [0, 0.1) is 0 Å². The predicted octanol–water partition coefficient (Wildman–Crippen LogP) is 1.87. The summed E-state index contributed by atoms with van der Waals surface area (Å²) in [4.78, 5) is 20.9. The van der Waals surface area contributed by atoms with Gasteiger partial charge in [-0.2, -0.15) is 0 Å². The minimum atomic E-state index is -0.168. The Hall–Kier alpha value is -3.33. The molecule has 0 saturated heterocycles. The largest absolute Gasteiger partial charge is 0.322 e. The lowest BCUT2D eigenvalue weighted by molar-refractivity contribution is 0.202. The highest BCUT2D eigenvalue weighted by Crippen LogP contribution is 2.20. The molecule has 0 aliphatic heterocycles. The number of carbonyl (C=O) groups excluding carboxylic acids is 1. The fraction of sp³-hybridized carbons (Fsp3) is 0.316. The molecular formula is C19H24N8O. The van der Waals surface area contributed by atoms with E-state index in [0.29, 0.717) is 24.6 Å². The van der Waals surface area contributed by atoms with Crippen molar-refractivity contribution >= 4 is 11.7 Å². The Kier molecular flexibility index (Phi) is 6.28. The number of pyridine rings is 1. The van der Waals surface area contributed by atoms with Gasteiger partial charge in [0.25, 0.3) is 0 Å². The number of likely N-dealkylation sites (N-methyl/N-ethyl adjacent to an activating group) is 1. The number of amides is 2. The molecule has 1 aromatic carbocycles. The smallest absolute Gasteiger partial charge is 0.319 e. The van der Waals surface area contributed by atoms with Gasteiger partial charge in [-0.3, -0.25) is 4.98 Å². The number of carbonyl (C=O) groups is 1. The first kappa shape index (κ1) is 19.4. The Morgan fingerprint density at radius 1 is 1.18 bits per heavy atom. The van der Waals surface area contributed by atoms with Crippen molar-refractivity contribution in [1.29, 1.82) is 0 Å². The number of hydrogen-bond donors (Lipinski definition) is 1. The average Bonchev–Trinajstić information content (AvgIpc) is 3.12. The Labute approximate surface area is 164 Å². The van der Waals surface area contributed by atoms with E-state index in [2.05, 4.69) is 25.8 Å². The molecule has 9 nitrogen and oxygen atoms in total. The van der Waals surface area contributed by atoms with Crippen LogP contribution < -0.4 is 5.32 Å². The van der Waals surface area contributed by atoms with Gasteiger partial charge < -0.3 is 15.1 Å². The standard InChI is InChI=1S/C19H24N8O/c1-25(2)10-11-27(14-15-6-5-9-20-13-15)19(28)21-17-8-4-7-16(12-17)18-22-23-24-26(18)3/h4-9,12-13H,10-11,14H2,1-3H3,(H,21,28). The number of anilines is 1. The third-order valence-corrected chi connectivity index (χ3v) is 4.19. The summed E-state index contributed by atoms with van der Waals surface area (Å²) in [6.07, 6.45) is 3.50. The molecule has 0 saturated carbocycles. The molecule has 0 atom stereocenters. The summed E-state index contributed by atoms with van der Waals surface area (Å²) in [7, 11) is 5.74. The SMILES string of the molecule is CN(C)CCN(Cc1cccnc1)C(=O)Nc1cccc(-c2nnnn2C)c1. The van der Waals surface area contributed by atoms with Crippen LogP contribution in [0.4, 0.5) is 10.5 Å². The summed E-state index contributed by atoms with van der Waals surface area (Å²) < 4.78 is 1.59. The summed E-state index contributed by atoms with van der Waals surface area (Å²) in [6, 6.07) is 11.1. The number of nitrogens with zero attached hydrogens (tertiary/aromatic N) is 7. The second-order valence-electron chi connectivity index (χ2n) is 6.72. The molecular weight excluding hydrogens is 356 g/mol. The van der Waals surface area contributed by atoms with Gasteiger partial charge in [0.1, 0.15) is 0 Å². The zero-order chi connectivity index (χ0) is 19.9. The zero-order valence-electron chi connectivity index (χ0n) is 16.3. The molecule has 2 heterocycles. The molecule has 3 rings (SSSR count). The maximum Gasteiger partial charge on any atom is 0.322 e. The fourth-order valence-corrected chi connectivity index (χ4v) is 2.70. The molecule has 146 valence electrons. The van der Waals surface area contributed by atoms with Gasteiger partial charge in [0.2, 0.25) is 0 Å². The van der Waals surface area contributed by atoms with Crippen LogP contribution in [-0.4, -0.2) is 68.2 Å². The van der Waals surface area contributed by atoms with E-state index in [1.807, 2.05) is 55.4 Å². The lowest BCUT2D eigenvalue weighted by atomic mass is 10.2. The molecule has 0 aliphatic carbocycles. The van der Waals surface area contributed by atoms with E-state index >= 15 is 0 Å². The Bertz CT molecular complexity index is 909. The van der Waals surface area contributed by atoms with Crippen molar-refractivity contribution in [1.82, 2.24) is 35.0 Å². The number of rotatable bonds is 7. The topological polar surface area (TPSA) is 92.1 Å². The van der Waals surface area contributed by atoms with Crippen LogP contribution in [0.25, 0.3) is 11.4 Å². The minimum absolute atomic E-state index is 0.168. The number of hydrogen-bond acceptors (Lipinski definition) is 6. The second-order valence-corrected chi connectivity index (χ2v) is 6.72. The van der Waals surface area contributed by atoms with Crippen LogP contribution in [0.3, 0.4) is 0 Å². The minimum Gasteiger partial charge on any atom is -0.319 e. The van der Waals surface area contributed by atoms with Crippen molar-refractivity contribution in [3.8, 4) is 11.4 Å². The number of tetrazole rings is 1. The first-order valence-corrected chi connectivity index (χ1v) is 8.95. The van der Waals surface area contributed by atoms with E-state index in [4.69, 9.17) is 0 Å². The number of aryl methyl sites for hydroxylation is 1. The molecule has 0 spiro atoms. The molecule has 0 aliphatic rings. The summed E-state index contributed by atoms with van der Waals surface area (Å²) in [5, 5.41) is 14.5. The normalized spacial score (nSPS) is 10.9. The van der Waals surface area contributed by atoms with E-state index in [1.54, 1.807) is 29.0 Å². The molecule has 0 unspecified atom stereocenters. The second kappa shape index (κ2) is 9.05. The first-order chi connectivity index (χ1) is 13.5. The van der Waals surface area contributed by atoms with Crippen LogP contribution in [0.15, 0.2) is 48.8 Å². The molecule has 0 fully saturated rings. The lowest BCUT2D eigenvalue weighted by Gasteiger charge is -2.25. The highest BCUT2D eigenvalue weighted by atomic mass is 16.2. The maximum atomic E-state index is 12.9. The van der Waals surface area contributed by atoms with Gasteiger partial charge in [0.05, 0.1) is 0 Å². The Balaban J connectivity index is 1.74. The molecule has 1 N–H and O–H groups in total. The maximum absolute atomic E-state index is 12.9. The third-order valence-electron chi connectivity index (χ3n) is 4.19. The molecule has 2 aromatic heterocycles. The van der Waals surface area contributed by atoms with Gasteiger partial charge >= 0.3 is 6.03 Å². The Morgan fingerprint density at radius 3 is 2.71 bits per heavy atom. The van der Waals surface area contributed by atoms with E-state index in [1.165, 1.54) is 0 Å². The van der Waals surface area contributed by atoms with E-state index < -0.39 is 0 Å². The molecule has 9 heteroatoms. The van der Waals surface area contributed by atoms with E-state index in [-0.39, 0.29) is 6.03 Å². The van der Waals surface area contributed by atoms with Crippen LogP contribution in [-0.2, 0) is 13.6 Å². The van der Waals surface area contributed by atoms with Crippen LogP contribution >= 0.6 is 0 Å². The highest BCUT2D eigenvalue weighted by molar-refractivity contribution is 5.90. The van der Waals surface area contributed by atoms with E-state index in [9.17, 15) is 4.79 Å². The summed E-state index contributed by atoms with van der Waals surface area (Å²) in [6.45, 7) is 1.85. The molecule has 0 bridgehead atoms. The van der Waals surface area contributed by atoms with Gasteiger partial charge in [0.15, 0.2) is 5.82 Å². The summed E-state index contributed by atoms with van der Waals surface area (Å²) in [5.74, 6) is 0.635. The number of nitrogens with one attached hydrogen (secondary N) is 1. The summed E-state index contributed by atoms with van der Waals surface area (Å²) in [5.41, 5.74) is 2.50. The number of urea groups is 1. The monoisotopic (exact) mass is 380 g/mol. The predicted molar refractivity (Wildman–Crippen MR) is 106 cm³/mol. The highest BCUT2D eigenvalue weighted by Gasteiger charge is 2.15. The van der Waals surface area contributed by atoms with Crippen molar-refractivity contribution in [3.63, 3.8) is 0 Å². The number of benzene rings is 1. The fourth-order valence-electron chi connectivity index (χ4n) is 2.70. The van der Waals surface area contributed by atoms with Gasteiger partial charge in [-0.25, -0.2) is 9.48 Å². The van der Waals surface area contributed by atoms with E-state index in [0.717, 1.165) is 17.7 Å². The van der Waals surface area contributed by atoms with Crippen molar-refractivity contribution in [3.05, 3.63) is 54.4 Å². The quantitative estimate of drug-likeness (QED) is 0.673. The zero-order valence-corrected chi connectivity index (χ0v) is 16.3. The third kappa shape index (κ3) is 5.10. The van der Waals surface area contributed by atoms with Gasteiger partial charge in [0, 0.05) is 50.3 Å². The first-order valence-electron chi connectivity index (χ1n) is 8.95. The van der Waals surface area contributed by atoms with Crippen molar-refractivity contribution < 1.29 is 4.79 Å². The van der Waals surface area contributed by atoms with Crippen LogP contribution in [0.1, 0.15) is 5.56 Å². The average molecular weight is 380 g/mol. The Morgan fingerprint density at radius 2 is 2.04 bits per heavy atom. The van der Waals surface area contributed by atoms with Gasteiger partial charge in [-0.15, -0.1) is 5.10 Å². The number of aromatic nitrogens is 5. The van der Waals surface area contributed by atoms with Crippen molar-refractivity contribution in [2.75, 3.05) is 32.5 Å². The van der Waals surface area contributed by atoms with Gasteiger partial charge in [-0.1, -0.05) is 18.2 Å². The molecule has 0 radical (unpaired) electrons. The van der Waals surface area contributed by atoms with Gasteiger partial charge in [-0.05, 0) is 48.3 Å². The summed E-state index contributed by atoms with van der Waals surface area (Å²) >= 11 is 0. The molecule has 3 aromatic rings. The molecule has 2 amide bonds. The lowest BCUT2D eigenvalue weighted by Crippen LogP contribution is -2.39.